The number of aryl methyl sites for hydroxylation is 1. The summed E-state index contributed by atoms with van der Waals surface area (Å²) in [7, 11) is 0. The second-order valence-electron chi connectivity index (χ2n) is 3.94. The number of nitrogens with zero attached hydrogens (tertiary/aromatic N) is 2. The topological polar surface area (TPSA) is 46.9 Å². The van der Waals surface area contributed by atoms with Crippen molar-refractivity contribution in [3.05, 3.63) is 18.2 Å². The van der Waals surface area contributed by atoms with E-state index in [0.717, 1.165) is 32.5 Å². The van der Waals surface area contributed by atoms with Crippen molar-refractivity contribution in [1.82, 2.24) is 14.9 Å². The van der Waals surface area contributed by atoms with Crippen molar-refractivity contribution in [1.29, 1.82) is 0 Å². The van der Waals surface area contributed by atoms with Crippen LogP contribution in [0.3, 0.4) is 0 Å². The van der Waals surface area contributed by atoms with Gasteiger partial charge in [-0.15, -0.1) is 0 Å². The van der Waals surface area contributed by atoms with Crippen molar-refractivity contribution in [3.8, 4) is 0 Å². The first kappa shape index (κ1) is 10.4. The predicted octanol–water partition coefficient (Wildman–Crippen LogP) is 1.09. The summed E-state index contributed by atoms with van der Waals surface area (Å²) in [6.45, 7) is 4.67. The van der Waals surface area contributed by atoms with Crippen LogP contribution in [0.2, 0.25) is 0 Å². The monoisotopic (exact) mass is 207 g/mol. The quantitative estimate of drug-likeness (QED) is 0.755. The summed E-state index contributed by atoms with van der Waals surface area (Å²) in [5.41, 5.74) is 0. The molecule has 1 aliphatic heterocycles. The maximum atomic E-state index is 12.1. The lowest BCUT2D eigenvalue weighted by molar-refractivity contribution is 0.0884. The molecular weight excluding hydrogens is 190 g/mol. The zero-order valence-corrected chi connectivity index (χ0v) is 9.07. The van der Waals surface area contributed by atoms with Crippen LogP contribution in [0.5, 0.6) is 0 Å². The molecule has 1 fully saturated rings. The van der Waals surface area contributed by atoms with Crippen molar-refractivity contribution in [2.24, 2.45) is 5.92 Å². The molecule has 0 saturated carbocycles. The van der Waals surface area contributed by atoms with Gasteiger partial charge in [0, 0.05) is 31.4 Å². The Morgan fingerprint density at radius 3 is 3.27 bits per heavy atom. The van der Waals surface area contributed by atoms with Crippen LogP contribution in [0.1, 0.15) is 30.4 Å². The number of aromatic nitrogens is 2. The molecule has 1 aliphatic rings. The highest BCUT2D eigenvalue weighted by Gasteiger charge is 2.24. The van der Waals surface area contributed by atoms with Crippen molar-refractivity contribution in [2.45, 2.75) is 26.3 Å². The van der Waals surface area contributed by atoms with Gasteiger partial charge in [0.2, 0.25) is 5.78 Å². The number of rotatable bonds is 3. The number of carbonyl (C=O) groups excluding carboxylic acids is 1. The molecule has 4 nitrogen and oxygen atoms in total. The van der Waals surface area contributed by atoms with Gasteiger partial charge in [0.15, 0.2) is 5.82 Å². The van der Waals surface area contributed by atoms with E-state index >= 15 is 0 Å². The first-order valence-electron chi connectivity index (χ1n) is 5.59. The fourth-order valence-electron chi connectivity index (χ4n) is 2.05. The van der Waals surface area contributed by atoms with Crippen LogP contribution in [-0.4, -0.2) is 28.4 Å². The number of hydrogen-bond acceptors (Lipinski definition) is 3. The summed E-state index contributed by atoms with van der Waals surface area (Å²) in [4.78, 5) is 16.3. The zero-order chi connectivity index (χ0) is 10.7. The van der Waals surface area contributed by atoms with Crippen LogP contribution in [-0.2, 0) is 6.54 Å². The molecule has 2 rings (SSSR count). The van der Waals surface area contributed by atoms with Crippen molar-refractivity contribution < 1.29 is 4.79 Å². The van der Waals surface area contributed by atoms with E-state index in [2.05, 4.69) is 10.3 Å². The lowest BCUT2D eigenvalue weighted by atomic mass is 9.94. The number of hydrogen-bond donors (Lipinski definition) is 1. The first-order chi connectivity index (χ1) is 7.33. The van der Waals surface area contributed by atoms with Gasteiger partial charge in [-0.25, -0.2) is 4.98 Å². The Morgan fingerprint density at radius 2 is 2.60 bits per heavy atom. The molecule has 1 aromatic heterocycles. The Kier molecular flexibility index (Phi) is 3.16. The van der Waals surface area contributed by atoms with E-state index in [1.165, 1.54) is 0 Å². The van der Waals surface area contributed by atoms with E-state index in [9.17, 15) is 4.79 Å². The number of carbonyl (C=O) groups is 1. The Bertz CT molecular complexity index is 339. The van der Waals surface area contributed by atoms with E-state index in [1.807, 2.05) is 17.7 Å². The van der Waals surface area contributed by atoms with E-state index in [-0.39, 0.29) is 11.7 Å². The highest BCUT2D eigenvalue weighted by Crippen LogP contribution is 2.15. The minimum Gasteiger partial charge on any atom is -0.329 e. The minimum absolute atomic E-state index is 0.117. The molecule has 82 valence electrons. The molecule has 15 heavy (non-hydrogen) atoms. The van der Waals surface area contributed by atoms with Crippen LogP contribution >= 0.6 is 0 Å². The van der Waals surface area contributed by atoms with Gasteiger partial charge in [0.05, 0.1) is 0 Å². The largest absolute Gasteiger partial charge is 0.329 e. The summed E-state index contributed by atoms with van der Waals surface area (Å²) in [5.74, 6) is 0.923. The van der Waals surface area contributed by atoms with Crippen LogP contribution in [0.25, 0.3) is 0 Å². The number of ketones is 1. The highest BCUT2D eigenvalue weighted by atomic mass is 16.1. The number of imidazole rings is 1. The van der Waals surface area contributed by atoms with Gasteiger partial charge in [-0.2, -0.15) is 0 Å². The second-order valence-corrected chi connectivity index (χ2v) is 3.94. The summed E-state index contributed by atoms with van der Waals surface area (Å²) < 4.78 is 1.91. The molecule has 0 amide bonds. The van der Waals surface area contributed by atoms with Gasteiger partial charge in [0.25, 0.3) is 0 Å². The molecule has 0 aromatic carbocycles. The summed E-state index contributed by atoms with van der Waals surface area (Å²) in [5, 5.41) is 3.26. The van der Waals surface area contributed by atoms with Gasteiger partial charge in [-0.1, -0.05) is 0 Å². The van der Waals surface area contributed by atoms with Crippen LogP contribution in [0.4, 0.5) is 0 Å². The van der Waals surface area contributed by atoms with Crippen LogP contribution < -0.4 is 5.32 Å². The lowest BCUT2D eigenvalue weighted by Gasteiger charge is -2.21. The standard InChI is InChI=1S/C11H17N3O/c1-2-14-7-6-13-11(14)10(15)9-4-3-5-12-8-9/h6-7,9,12H,2-5,8H2,1H3. The van der Waals surface area contributed by atoms with Gasteiger partial charge >= 0.3 is 0 Å². The molecule has 1 atom stereocenters. The third-order valence-electron chi connectivity index (χ3n) is 2.94. The Hall–Kier alpha value is -1.16. The minimum atomic E-state index is 0.117. The molecule has 4 heteroatoms. The maximum Gasteiger partial charge on any atom is 0.202 e. The fraction of sp³-hybridized carbons (Fsp3) is 0.636. The maximum absolute atomic E-state index is 12.1. The Balaban J connectivity index is 2.12. The molecule has 0 aliphatic carbocycles. The molecule has 1 N–H and O–H groups in total. The molecular formula is C11H17N3O. The number of Topliss-reactive ketones (excluding diaryl/α,β-unsaturated/α-hetero) is 1. The molecule has 1 aromatic rings. The molecule has 1 saturated heterocycles. The van der Waals surface area contributed by atoms with Gasteiger partial charge in [-0.3, -0.25) is 4.79 Å². The Labute approximate surface area is 89.7 Å². The van der Waals surface area contributed by atoms with Crippen molar-refractivity contribution in [2.75, 3.05) is 13.1 Å². The van der Waals surface area contributed by atoms with Crippen LogP contribution in [0.15, 0.2) is 12.4 Å². The first-order valence-corrected chi connectivity index (χ1v) is 5.59. The molecule has 0 bridgehead atoms. The lowest BCUT2D eigenvalue weighted by Crippen LogP contribution is -2.35. The Morgan fingerprint density at radius 1 is 1.73 bits per heavy atom. The van der Waals surface area contributed by atoms with E-state index < -0.39 is 0 Å². The second kappa shape index (κ2) is 4.57. The molecule has 2 heterocycles. The van der Waals surface area contributed by atoms with Crippen molar-refractivity contribution >= 4 is 5.78 Å². The van der Waals surface area contributed by atoms with Crippen LogP contribution in [0, 0.1) is 5.92 Å². The SMILES string of the molecule is CCn1ccnc1C(=O)C1CCCNC1. The predicted molar refractivity (Wildman–Crippen MR) is 57.8 cm³/mol. The molecule has 0 radical (unpaired) electrons. The smallest absolute Gasteiger partial charge is 0.202 e. The van der Waals surface area contributed by atoms with Gasteiger partial charge < -0.3 is 9.88 Å². The van der Waals surface area contributed by atoms with Gasteiger partial charge in [-0.05, 0) is 26.3 Å². The van der Waals surface area contributed by atoms with Gasteiger partial charge in [0.1, 0.15) is 0 Å². The normalized spacial score (nSPS) is 21.5. The summed E-state index contributed by atoms with van der Waals surface area (Å²) in [6, 6.07) is 0. The summed E-state index contributed by atoms with van der Waals surface area (Å²) >= 11 is 0. The number of piperidine rings is 1. The van der Waals surface area contributed by atoms with E-state index in [4.69, 9.17) is 0 Å². The molecule has 1 unspecified atom stereocenters. The third-order valence-corrected chi connectivity index (χ3v) is 2.94. The third kappa shape index (κ3) is 2.09. The number of nitrogens with one attached hydrogen (secondary N) is 1. The summed E-state index contributed by atoms with van der Waals surface area (Å²) in [6.07, 6.45) is 5.64. The average molecular weight is 207 g/mol. The zero-order valence-electron chi connectivity index (χ0n) is 9.07. The van der Waals surface area contributed by atoms with Crippen molar-refractivity contribution in [3.63, 3.8) is 0 Å². The highest BCUT2D eigenvalue weighted by molar-refractivity contribution is 5.95. The molecule has 0 spiro atoms. The van der Waals surface area contributed by atoms with E-state index in [0.29, 0.717) is 5.82 Å². The average Bonchev–Trinajstić information content (AvgIpc) is 2.77. The fourth-order valence-corrected chi connectivity index (χ4v) is 2.05. The van der Waals surface area contributed by atoms with E-state index in [1.54, 1.807) is 6.20 Å².